The van der Waals surface area contributed by atoms with Crippen LogP contribution in [-0.2, 0) is 6.54 Å². The van der Waals surface area contributed by atoms with Gasteiger partial charge in [-0.1, -0.05) is 23.9 Å². The number of hydrogen-bond donors (Lipinski definition) is 0. The first kappa shape index (κ1) is 17.7. The van der Waals surface area contributed by atoms with E-state index in [1.807, 2.05) is 23.6 Å². The van der Waals surface area contributed by atoms with Gasteiger partial charge in [-0.2, -0.15) is 0 Å². The smallest absolute Gasteiger partial charge is 0.270 e. The van der Waals surface area contributed by atoms with Crippen LogP contribution in [0, 0.1) is 10.1 Å². The van der Waals surface area contributed by atoms with Crippen molar-refractivity contribution in [2.45, 2.75) is 18.6 Å². The maximum Gasteiger partial charge on any atom is 0.270 e. The molecule has 0 spiro atoms. The van der Waals surface area contributed by atoms with Crippen molar-refractivity contribution in [2.24, 2.45) is 0 Å². The minimum absolute atomic E-state index is 0.101. The first-order valence-electron chi connectivity index (χ1n) is 7.84. The first-order valence-corrected chi connectivity index (χ1v) is 8.82. The van der Waals surface area contributed by atoms with E-state index in [9.17, 15) is 14.9 Å². The number of nitro groups is 1. The van der Waals surface area contributed by atoms with Crippen molar-refractivity contribution in [2.75, 3.05) is 5.75 Å². The molecule has 0 unspecified atom stereocenters. The van der Waals surface area contributed by atoms with E-state index in [0.717, 1.165) is 5.56 Å². The van der Waals surface area contributed by atoms with Gasteiger partial charge in [-0.05, 0) is 19.1 Å². The lowest BCUT2D eigenvalue weighted by atomic mass is 10.1. The number of carbonyl (C=O) groups is 1. The Balaban J connectivity index is 1.76. The average molecular weight is 369 g/mol. The van der Waals surface area contributed by atoms with Gasteiger partial charge in [0.2, 0.25) is 0 Å². The number of rotatable bonds is 7. The van der Waals surface area contributed by atoms with Gasteiger partial charge in [-0.25, -0.2) is 0 Å². The van der Waals surface area contributed by atoms with Crippen LogP contribution in [0.4, 0.5) is 5.69 Å². The van der Waals surface area contributed by atoms with Gasteiger partial charge in [0, 0.05) is 42.2 Å². The molecule has 0 fully saturated rings. The number of thioether (sulfide) groups is 1. The molecule has 0 amide bonds. The lowest BCUT2D eigenvalue weighted by Crippen LogP contribution is -2.05. The Hall–Kier alpha value is -3.07. The molecule has 2 aromatic heterocycles. The lowest BCUT2D eigenvalue weighted by molar-refractivity contribution is -0.384. The number of non-ortho nitro benzene ring substituents is 1. The Morgan fingerprint density at radius 2 is 2.12 bits per heavy atom. The van der Waals surface area contributed by atoms with Gasteiger partial charge in [0.25, 0.3) is 5.69 Å². The second-order valence-corrected chi connectivity index (χ2v) is 6.25. The number of pyridine rings is 1. The maximum absolute atomic E-state index is 12.4. The Morgan fingerprint density at radius 3 is 2.81 bits per heavy atom. The van der Waals surface area contributed by atoms with Crippen LogP contribution in [0.3, 0.4) is 0 Å². The van der Waals surface area contributed by atoms with Crippen molar-refractivity contribution in [1.29, 1.82) is 0 Å². The van der Waals surface area contributed by atoms with E-state index in [2.05, 4.69) is 15.2 Å². The molecular weight excluding hydrogens is 354 g/mol. The highest BCUT2D eigenvalue weighted by Gasteiger charge is 2.16. The highest BCUT2D eigenvalue weighted by Crippen LogP contribution is 2.24. The SMILES string of the molecule is CCn1c(SCC(=O)c2cccc([N+](=O)[O-])c2)nnc1-c1cccnc1. The molecule has 0 aliphatic rings. The predicted octanol–water partition coefficient (Wildman–Crippen LogP) is 3.24. The number of aromatic nitrogens is 4. The fourth-order valence-corrected chi connectivity index (χ4v) is 3.29. The van der Waals surface area contributed by atoms with Crippen LogP contribution >= 0.6 is 11.8 Å². The zero-order valence-electron chi connectivity index (χ0n) is 13.9. The van der Waals surface area contributed by atoms with Gasteiger partial charge in [0.1, 0.15) is 0 Å². The molecule has 0 atom stereocenters. The minimum atomic E-state index is -0.516. The Bertz CT molecular complexity index is 943. The van der Waals surface area contributed by atoms with Crippen LogP contribution in [-0.4, -0.2) is 36.2 Å². The van der Waals surface area contributed by atoms with Gasteiger partial charge in [0.15, 0.2) is 16.8 Å². The molecule has 3 rings (SSSR count). The molecule has 0 aliphatic carbocycles. The lowest BCUT2D eigenvalue weighted by Gasteiger charge is -2.07. The number of hydrogen-bond acceptors (Lipinski definition) is 7. The van der Waals surface area contributed by atoms with E-state index in [0.29, 0.717) is 23.1 Å². The highest BCUT2D eigenvalue weighted by atomic mass is 32.2. The van der Waals surface area contributed by atoms with E-state index in [-0.39, 0.29) is 17.2 Å². The number of nitro benzene ring substituents is 1. The van der Waals surface area contributed by atoms with E-state index in [1.165, 1.54) is 30.0 Å². The van der Waals surface area contributed by atoms with Gasteiger partial charge in [-0.3, -0.25) is 19.9 Å². The Labute approximate surface area is 153 Å². The van der Waals surface area contributed by atoms with Crippen LogP contribution in [0.25, 0.3) is 11.4 Å². The van der Waals surface area contributed by atoms with Crippen LogP contribution in [0.2, 0.25) is 0 Å². The molecule has 0 bridgehead atoms. The first-order chi connectivity index (χ1) is 12.6. The molecular formula is C17H15N5O3S. The summed E-state index contributed by atoms with van der Waals surface area (Å²) in [5.74, 6) is 0.602. The molecule has 0 aliphatic heterocycles. The molecule has 0 radical (unpaired) electrons. The van der Waals surface area contributed by atoms with E-state index in [1.54, 1.807) is 18.5 Å². The third-order valence-corrected chi connectivity index (χ3v) is 4.63. The van der Waals surface area contributed by atoms with Gasteiger partial charge >= 0.3 is 0 Å². The molecule has 1 aromatic carbocycles. The standard InChI is InChI=1S/C17H15N5O3S/c1-2-21-16(13-6-4-8-18-10-13)19-20-17(21)26-11-15(23)12-5-3-7-14(9-12)22(24)25/h3-10H,2,11H2,1H3. The van der Waals surface area contributed by atoms with Crippen LogP contribution in [0.15, 0.2) is 53.9 Å². The van der Waals surface area contributed by atoms with Crippen molar-refractivity contribution in [3.63, 3.8) is 0 Å². The monoisotopic (exact) mass is 369 g/mol. The van der Waals surface area contributed by atoms with Crippen LogP contribution in [0.1, 0.15) is 17.3 Å². The van der Waals surface area contributed by atoms with Crippen molar-refractivity contribution >= 4 is 23.2 Å². The topological polar surface area (TPSA) is 104 Å². The van der Waals surface area contributed by atoms with Gasteiger partial charge < -0.3 is 4.57 Å². The predicted molar refractivity (Wildman–Crippen MR) is 97.1 cm³/mol. The fourth-order valence-electron chi connectivity index (χ4n) is 2.40. The van der Waals surface area contributed by atoms with Gasteiger partial charge in [0.05, 0.1) is 10.7 Å². The molecule has 26 heavy (non-hydrogen) atoms. The van der Waals surface area contributed by atoms with Crippen molar-refractivity contribution in [1.82, 2.24) is 19.7 Å². The summed E-state index contributed by atoms with van der Waals surface area (Å²) < 4.78 is 1.91. The summed E-state index contributed by atoms with van der Waals surface area (Å²) in [5.41, 5.74) is 1.05. The maximum atomic E-state index is 12.4. The quantitative estimate of drug-likeness (QED) is 0.272. The third kappa shape index (κ3) is 3.77. The normalized spacial score (nSPS) is 10.7. The van der Waals surface area contributed by atoms with Crippen LogP contribution < -0.4 is 0 Å². The highest BCUT2D eigenvalue weighted by molar-refractivity contribution is 7.99. The van der Waals surface area contributed by atoms with Gasteiger partial charge in [-0.15, -0.1) is 10.2 Å². The summed E-state index contributed by atoms with van der Waals surface area (Å²) in [4.78, 5) is 26.8. The summed E-state index contributed by atoms with van der Waals surface area (Å²) >= 11 is 1.25. The number of carbonyl (C=O) groups excluding carboxylic acids is 1. The molecule has 0 saturated heterocycles. The van der Waals surface area contributed by atoms with Crippen molar-refractivity contribution in [3.8, 4) is 11.4 Å². The van der Waals surface area contributed by atoms with E-state index in [4.69, 9.17) is 0 Å². The zero-order valence-corrected chi connectivity index (χ0v) is 14.7. The van der Waals surface area contributed by atoms with Crippen molar-refractivity contribution in [3.05, 3.63) is 64.5 Å². The molecule has 8 nitrogen and oxygen atoms in total. The summed E-state index contributed by atoms with van der Waals surface area (Å²) in [7, 11) is 0. The zero-order chi connectivity index (χ0) is 18.5. The number of ketones is 1. The average Bonchev–Trinajstić information content (AvgIpc) is 3.09. The van der Waals surface area contributed by atoms with E-state index >= 15 is 0 Å². The summed E-state index contributed by atoms with van der Waals surface area (Å²) in [5, 5.41) is 19.8. The summed E-state index contributed by atoms with van der Waals surface area (Å²) in [6, 6.07) is 9.44. The minimum Gasteiger partial charge on any atom is -0.302 e. The Morgan fingerprint density at radius 1 is 1.27 bits per heavy atom. The number of Topliss-reactive ketones (excluding diaryl/α,β-unsaturated/α-hetero) is 1. The third-order valence-electron chi connectivity index (χ3n) is 3.66. The number of benzene rings is 1. The molecule has 0 N–H and O–H groups in total. The van der Waals surface area contributed by atoms with E-state index < -0.39 is 4.92 Å². The fraction of sp³-hybridized carbons (Fsp3) is 0.176. The molecule has 2 heterocycles. The summed E-state index contributed by atoms with van der Waals surface area (Å²) in [6.45, 7) is 2.61. The second kappa shape index (κ2) is 7.87. The summed E-state index contributed by atoms with van der Waals surface area (Å²) in [6.07, 6.45) is 3.39. The molecule has 0 saturated carbocycles. The number of nitrogens with zero attached hydrogens (tertiary/aromatic N) is 5. The molecule has 3 aromatic rings. The Kier molecular flexibility index (Phi) is 5.37. The molecule has 9 heteroatoms. The second-order valence-electron chi connectivity index (χ2n) is 5.31. The molecule has 132 valence electrons. The largest absolute Gasteiger partial charge is 0.302 e. The van der Waals surface area contributed by atoms with Crippen molar-refractivity contribution < 1.29 is 9.72 Å². The van der Waals surface area contributed by atoms with Crippen LogP contribution in [0.5, 0.6) is 0 Å².